The molecule has 39 heavy (non-hydrogen) atoms. The molecule has 3 aromatic carbocycles. The van der Waals surface area contributed by atoms with E-state index in [4.69, 9.17) is 23.2 Å². The third-order valence-electron chi connectivity index (χ3n) is 6.39. The average molecular weight is 569 g/mol. The molecular formula is C27H17Cl2F3N6O. The summed E-state index contributed by atoms with van der Waals surface area (Å²) in [7, 11) is 0. The van der Waals surface area contributed by atoms with Crippen molar-refractivity contribution in [2.75, 3.05) is 0 Å². The molecule has 0 spiro atoms. The van der Waals surface area contributed by atoms with Crippen molar-refractivity contribution in [2.24, 2.45) is 0 Å². The van der Waals surface area contributed by atoms with Gasteiger partial charge in [0, 0.05) is 21.2 Å². The van der Waals surface area contributed by atoms with Crippen LogP contribution in [0.4, 0.5) is 13.2 Å². The Labute approximate surface area is 228 Å². The number of benzene rings is 3. The number of halogens is 5. The molecule has 0 aliphatic carbocycles. The van der Waals surface area contributed by atoms with Crippen molar-refractivity contribution in [3.63, 3.8) is 0 Å². The van der Waals surface area contributed by atoms with E-state index in [-0.39, 0.29) is 6.54 Å². The maximum Gasteiger partial charge on any atom is 0.416 e. The zero-order valence-corrected chi connectivity index (χ0v) is 21.6. The van der Waals surface area contributed by atoms with Crippen molar-refractivity contribution in [3.8, 4) is 22.3 Å². The van der Waals surface area contributed by atoms with Gasteiger partial charge in [-0.25, -0.2) is 14.0 Å². The van der Waals surface area contributed by atoms with Gasteiger partial charge in [0.05, 0.1) is 12.1 Å². The van der Waals surface area contributed by atoms with Gasteiger partial charge in [0.2, 0.25) is 0 Å². The topological polar surface area (TPSA) is 69.5 Å². The Morgan fingerprint density at radius 3 is 1.82 bits per heavy atom. The Morgan fingerprint density at radius 1 is 0.744 bits per heavy atom. The lowest BCUT2D eigenvalue weighted by atomic mass is 9.96. The second kappa shape index (κ2) is 9.25. The minimum absolute atomic E-state index is 0.0440. The molecule has 0 aliphatic heterocycles. The summed E-state index contributed by atoms with van der Waals surface area (Å²) in [6.07, 6.45) is -4.46. The summed E-state index contributed by atoms with van der Waals surface area (Å²) in [6.45, 7) is 1.67. The first kappa shape index (κ1) is 25.1. The van der Waals surface area contributed by atoms with Gasteiger partial charge in [0.1, 0.15) is 0 Å². The van der Waals surface area contributed by atoms with Crippen molar-refractivity contribution in [1.29, 1.82) is 0 Å². The first-order valence-corrected chi connectivity index (χ1v) is 12.4. The van der Waals surface area contributed by atoms with Crippen LogP contribution in [0.15, 0.2) is 77.6 Å². The van der Waals surface area contributed by atoms with Crippen LogP contribution < -0.4 is 5.69 Å². The molecule has 6 rings (SSSR count). The summed E-state index contributed by atoms with van der Waals surface area (Å²) in [6, 6.07) is 18.9. The minimum atomic E-state index is -4.46. The largest absolute Gasteiger partial charge is 0.416 e. The molecule has 7 nitrogen and oxygen atoms in total. The molecule has 3 heterocycles. The van der Waals surface area contributed by atoms with E-state index in [2.05, 4.69) is 15.3 Å². The fraction of sp³-hybridized carbons (Fsp3) is 0.111. The Bertz CT molecular complexity index is 1910. The highest BCUT2D eigenvalue weighted by atomic mass is 35.5. The molecule has 0 saturated carbocycles. The van der Waals surface area contributed by atoms with Crippen molar-refractivity contribution in [2.45, 2.75) is 19.6 Å². The molecule has 0 N–H and O–H groups in total. The van der Waals surface area contributed by atoms with Crippen LogP contribution in [0.3, 0.4) is 0 Å². The smallest absolute Gasteiger partial charge is 0.244 e. The Morgan fingerprint density at radius 2 is 1.28 bits per heavy atom. The molecule has 0 atom stereocenters. The standard InChI is InChI=1S/C27H17Cl2F3N6O/c1-15-33-34-24-22(17-4-10-20(28)11-5-17)23(18-6-12-21(29)13-7-18)25-35-36(26(39)38(25)37(15)24)14-16-2-8-19(9-3-16)27(30,31)32/h2-13H,14H2,1H3. The lowest BCUT2D eigenvalue weighted by Crippen LogP contribution is -2.25. The van der Waals surface area contributed by atoms with E-state index >= 15 is 0 Å². The first-order valence-electron chi connectivity index (χ1n) is 11.7. The molecule has 0 unspecified atom stereocenters. The van der Waals surface area contributed by atoms with Crippen LogP contribution in [0.2, 0.25) is 10.0 Å². The van der Waals surface area contributed by atoms with E-state index in [0.717, 1.165) is 23.3 Å². The maximum atomic E-state index is 13.7. The predicted molar refractivity (Wildman–Crippen MR) is 142 cm³/mol. The molecule has 12 heteroatoms. The predicted octanol–water partition coefficient (Wildman–Crippen LogP) is 6.56. The highest BCUT2D eigenvalue weighted by molar-refractivity contribution is 6.31. The number of fused-ring (bicyclic) bond motifs is 3. The molecule has 6 aromatic rings. The number of alkyl halides is 3. The third kappa shape index (κ3) is 4.35. The van der Waals surface area contributed by atoms with E-state index in [1.807, 2.05) is 24.3 Å². The van der Waals surface area contributed by atoms with Crippen molar-refractivity contribution in [1.82, 2.24) is 29.0 Å². The second-order valence-electron chi connectivity index (χ2n) is 8.92. The molecular weight excluding hydrogens is 552 g/mol. The number of nitrogens with zero attached hydrogens (tertiary/aromatic N) is 6. The van der Waals surface area contributed by atoms with Gasteiger partial charge in [-0.2, -0.15) is 17.7 Å². The molecule has 196 valence electrons. The van der Waals surface area contributed by atoms with Gasteiger partial charge in [-0.15, -0.1) is 15.3 Å². The van der Waals surface area contributed by atoms with Crippen LogP contribution in [0.5, 0.6) is 0 Å². The molecule has 0 bridgehead atoms. The maximum absolute atomic E-state index is 13.7. The zero-order chi connectivity index (χ0) is 27.5. The average Bonchev–Trinajstić information content (AvgIpc) is 3.43. The van der Waals surface area contributed by atoms with E-state index in [1.54, 1.807) is 35.7 Å². The number of rotatable bonds is 4. The zero-order valence-electron chi connectivity index (χ0n) is 20.1. The molecule has 0 radical (unpaired) electrons. The van der Waals surface area contributed by atoms with E-state index in [9.17, 15) is 18.0 Å². The normalized spacial score (nSPS) is 12.1. The summed E-state index contributed by atoms with van der Waals surface area (Å²) in [5, 5.41) is 14.4. The highest BCUT2D eigenvalue weighted by Crippen LogP contribution is 2.38. The van der Waals surface area contributed by atoms with E-state index < -0.39 is 17.4 Å². The summed E-state index contributed by atoms with van der Waals surface area (Å²) < 4.78 is 43.3. The minimum Gasteiger partial charge on any atom is -0.244 e. The lowest BCUT2D eigenvalue weighted by molar-refractivity contribution is -0.137. The van der Waals surface area contributed by atoms with Gasteiger partial charge in [0.25, 0.3) is 0 Å². The van der Waals surface area contributed by atoms with E-state index in [1.165, 1.54) is 21.3 Å². The third-order valence-corrected chi connectivity index (χ3v) is 6.90. The summed E-state index contributed by atoms with van der Waals surface area (Å²) in [5.74, 6) is 0.448. The van der Waals surface area contributed by atoms with Gasteiger partial charge >= 0.3 is 11.9 Å². The van der Waals surface area contributed by atoms with Crippen LogP contribution in [0.25, 0.3) is 33.5 Å². The quantitative estimate of drug-likeness (QED) is 0.241. The molecule has 3 aromatic heterocycles. The Hall–Kier alpha value is -4.15. The monoisotopic (exact) mass is 568 g/mol. The van der Waals surface area contributed by atoms with Gasteiger partial charge in [-0.05, 0) is 60.0 Å². The van der Waals surface area contributed by atoms with Gasteiger partial charge < -0.3 is 0 Å². The first-order chi connectivity index (χ1) is 18.6. The fourth-order valence-corrected chi connectivity index (χ4v) is 4.82. The second-order valence-corrected chi connectivity index (χ2v) is 9.79. The molecule has 0 amide bonds. The summed E-state index contributed by atoms with van der Waals surface area (Å²) in [5.41, 5.74) is 2.72. The molecule has 0 fully saturated rings. The molecule has 0 aliphatic rings. The lowest BCUT2D eigenvalue weighted by Gasteiger charge is -2.14. The SMILES string of the molecule is Cc1nnc2c(-c3ccc(Cl)cc3)c(-c3ccc(Cl)cc3)c3nn(Cc4ccc(C(F)(F)F)cc4)c(=O)n3n12. The van der Waals surface area contributed by atoms with Crippen LogP contribution in [-0.2, 0) is 12.7 Å². The van der Waals surface area contributed by atoms with Gasteiger partial charge in [0.15, 0.2) is 17.1 Å². The van der Waals surface area contributed by atoms with E-state index in [0.29, 0.717) is 43.9 Å². The van der Waals surface area contributed by atoms with Gasteiger partial charge in [-0.3, -0.25) is 0 Å². The van der Waals surface area contributed by atoms with Crippen LogP contribution in [0, 0.1) is 6.92 Å². The number of aromatic nitrogens is 6. The number of hydrogen-bond donors (Lipinski definition) is 0. The Balaban J connectivity index is 1.65. The number of aryl methyl sites for hydroxylation is 1. The number of hydrogen-bond acceptors (Lipinski definition) is 4. The summed E-state index contributed by atoms with van der Waals surface area (Å²) >= 11 is 12.3. The van der Waals surface area contributed by atoms with Crippen molar-refractivity contribution < 1.29 is 13.2 Å². The highest BCUT2D eigenvalue weighted by Gasteiger charge is 2.30. The van der Waals surface area contributed by atoms with Crippen LogP contribution >= 0.6 is 23.2 Å². The van der Waals surface area contributed by atoms with Gasteiger partial charge in [-0.1, -0.05) is 59.6 Å². The Kier molecular flexibility index (Phi) is 5.96. The summed E-state index contributed by atoms with van der Waals surface area (Å²) in [4.78, 5) is 13.7. The van der Waals surface area contributed by atoms with Crippen molar-refractivity contribution in [3.05, 3.63) is 110 Å². The van der Waals surface area contributed by atoms with Crippen molar-refractivity contribution >= 4 is 34.5 Å². The molecule has 0 saturated heterocycles. The van der Waals surface area contributed by atoms with Crippen LogP contribution in [0.1, 0.15) is 17.0 Å². The van der Waals surface area contributed by atoms with Crippen LogP contribution in [-0.4, -0.2) is 29.0 Å². The fourth-order valence-electron chi connectivity index (χ4n) is 4.57.